The Hall–Kier alpha value is -3.23. The molecule has 0 saturated carbocycles. The zero-order chi connectivity index (χ0) is 18.8. The van der Waals surface area contributed by atoms with Crippen LogP contribution in [-0.4, -0.2) is 20.6 Å². The summed E-state index contributed by atoms with van der Waals surface area (Å²) < 4.78 is 1.59. The maximum atomic E-state index is 12.5. The highest BCUT2D eigenvalue weighted by Gasteiger charge is 2.18. The number of nitrogens with zero attached hydrogens (tertiary/aromatic N) is 2. The number of hydroxylamine groups is 1. The van der Waals surface area contributed by atoms with Gasteiger partial charge in [0.2, 0.25) is 5.43 Å². The molecule has 0 spiro atoms. The summed E-state index contributed by atoms with van der Waals surface area (Å²) in [5.41, 5.74) is 1.32. The van der Waals surface area contributed by atoms with Gasteiger partial charge in [-0.1, -0.05) is 23.7 Å². The Morgan fingerprint density at radius 3 is 2.69 bits per heavy atom. The van der Waals surface area contributed by atoms with E-state index in [1.807, 2.05) is 6.07 Å². The molecule has 0 radical (unpaired) electrons. The molecule has 0 unspecified atom stereocenters. The van der Waals surface area contributed by atoms with E-state index in [1.165, 1.54) is 23.8 Å². The average Bonchev–Trinajstić information content (AvgIpc) is 2.63. The number of rotatable bonds is 4. The van der Waals surface area contributed by atoms with E-state index in [-0.39, 0.29) is 23.2 Å². The van der Waals surface area contributed by atoms with Crippen LogP contribution in [0.25, 0.3) is 10.9 Å². The van der Waals surface area contributed by atoms with Crippen LogP contribution in [0.3, 0.4) is 0 Å². The van der Waals surface area contributed by atoms with Gasteiger partial charge in [-0.3, -0.25) is 24.9 Å². The van der Waals surface area contributed by atoms with Crippen molar-refractivity contribution in [2.24, 2.45) is 0 Å². The number of carbonyl (C=O) groups excluding carboxylic acids is 1. The molecule has 132 valence electrons. The van der Waals surface area contributed by atoms with Crippen molar-refractivity contribution >= 4 is 34.1 Å². The molecule has 0 bridgehead atoms. The minimum absolute atomic E-state index is 0.00216. The number of aromatic nitrogens is 1. The van der Waals surface area contributed by atoms with Gasteiger partial charge in [0.15, 0.2) is 0 Å². The second kappa shape index (κ2) is 6.95. The van der Waals surface area contributed by atoms with Gasteiger partial charge >= 0.3 is 0 Å². The van der Waals surface area contributed by atoms with Crippen LogP contribution in [0.15, 0.2) is 53.5 Å². The van der Waals surface area contributed by atoms with Gasteiger partial charge in [0.25, 0.3) is 11.6 Å². The maximum Gasteiger partial charge on any atom is 0.280 e. The fourth-order valence-corrected chi connectivity index (χ4v) is 2.90. The Balaban J connectivity index is 2.26. The number of nitro groups is 1. The largest absolute Gasteiger partial charge is 0.342 e. The summed E-state index contributed by atoms with van der Waals surface area (Å²) in [6.07, 6.45) is 1.29. The number of nitrogens with one attached hydrogen (secondary N) is 1. The minimum Gasteiger partial charge on any atom is -0.342 e. The maximum absolute atomic E-state index is 12.5. The highest BCUT2D eigenvalue weighted by atomic mass is 35.5. The first-order valence-electron chi connectivity index (χ1n) is 7.41. The number of fused-ring (bicyclic) bond motifs is 1. The Morgan fingerprint density at radius 2 is 2.04 bits per heavy atom. The third kappa shape index (κ3) is 3.28. The molecule has 8 nitrogen and oxygen atoms in total. The number of halogens is 1. The van der Waals surface area contributed by atoms with E-state index in [2.05, 4.69) is 0 Å². The van der Waals surface area contributed by atoms with E-state index < -0.39 is 16.3 Å². The van der Waals surface area contributed by atoms with Crippen molar-refractivity contribution in [3.05, 3.63) is 85.1 Å². The van der Waals surface area contributed by atoms with Crippen LogP contribution in [0.5, 0.6) is 0 Å². The van der Waals surface area contributed by atoms with Gasteiger partial charge < -0.3 is 4.57 Å². The third-order valence-corrected chi connectivity index (χ3v) is 4.10. The predicted octanol–water partition coefficient (Wildman–Crippen LogP) is 2.73. The van der Waals surface area contributed by atoms with Crippen molar-refractivity contribution in [2.45, 2.75) is 6.54 Å². The topological polar surface area (TPSA) is 114 Å². The van der Waals surface area contributed by atoms with Crippen LogP contribution in [0.1, 0.15) is 15.9 Å². The van der Waals surface area contributed by atoms with Gasteiger partial charge in [-0.05, 0) is 23.8 Å². The first-order chi connectivity index (χ1) is 12.4. The van der Waals surface area contributed by atoms with Crippen LogP contribution < -0.4 is 10.9 Å². The lowest BCUT2D eigenvalue weighted by molar-refractivity contribution is -0.384. The third-order valence-electron chi connectivity index (χ3n) is 3.86. The average molecular weight is 374 g/mol. The number of amides is 1. The SMILES string of the molecule is O=C(NO)c1cn(Cc2cccc(Cl)c2)c2ccc([N+](=O)[O-])cc2c1=O. The Morgan fingerprint density at radius 1 is 1.27 bits per heavy atom. The molecule has 0 atom stereocenters. The Bertz CT molecular complexity index is 1090. The molecule has 3 aromatic rings. The standard InChI is InChI=1S/C17H12ClN3O5/c18-11-3-1-2-10(6-11)8-20-9-14(17(23)19-24)16(22)13-7-12(21(25)26)4-5-15(13)20/h1-7,9,24H,8H2,(H,19,23). The molecule has 0 fully saturated rings. The van der Waals surface area contributed by atoms with Gasteiger partial charge in [0, 0.05) is 29.9 Å². The molecule has 2 aromatic carbocycles. The van der Waals surface area contributed by atoms with Crippen LogP contribution in [0.2, 0.25) is 5.02 Å². The van der Waals surface area contributed by atoms with Crippen molar-refractivity contribution in [3.8, 4) is 0 Å². The molecular formula is C17H12ClN3O5. The van der Waals surface area contributed by atoms with E-state index in [0.717, 1.165) is 11.6 Å². The Kier molecular flexibility index (Phi) is 4.70. The zero-order valence-corrected chi connectivity index (χ0v) is 13.9. The zero-order valence-electron chi connectivity index (χ0n) is 13.2. The molecule has 0 aliphatic carbocycles. The van der Waals surface area contributed by atoms with Gasteiger partial charge in [0.05, 0.1) is 15.8 Å². The first-order valence-corrected chi connectivity index (χ1v) is 7.79. The summed E-state index contributed by atoms with van der Waals surface area (Å²) in [6.45, 7) is 0.265. The second-order valence-electron chi connectivity index (χ2n) is 5.53. The van der Waals surface area contributed by atoms with E-state index in [0.29, 0.717) is 10.5 Å². The van der Waals surface area contributed by atoms with Crippen LogP contribution in [0.4, 0.5) is 5.69 Å². The Labute approximate surface area is 151 Å². The van der Waals surface area contributed by atoms with Crippen molar-refractivity contribution in [1.82, 2.24) is 10.0 Å². The molecule has 1 aromatic heterocycles. The monoisotopic (exact) mass is 373 g/mol. The number of nitro benzene ring substituents is 1. The van der Waals surface area contributed by atoms with Gasteiger partial charge in [-0.25, -0.2) is 5.48 Å². The summed E-state index contributed by atoms with van der Waals surface area (Å²) in [7, 11) is 0. The number of carbonyl (C=O) groups is 1. The molecule has 1 amide bonds. The van der Waals surface area contributed by atoms with E-state index in [1.54, 1.807) is 22.8 Å². The lowest BCUT2D eigenvalue weighted by Crippen LogP contribution is -2.27. The summed E-state index contributed by atoms with van der Waals surface area (Å²) in [5.74, 6) is -0.997. The summed E-state index contributed by atoms with van der Waals surface area (Å²) >= 11 is 5.98. The second-order valence-corrected chi connectivity index (χ2v) is 5.97. The smallest absolute Gasteiger partial charge is 0.280 e. The molecule has 26 heavy (non-hydrogen) atoms. The van der Waals surface area contributed by atoms with E-state index >= 15 is 0 Å². The van der Waals surface area contributed by atoms with Gasteiger partial charge in [-0.15, -0.1) is 0 Å². The number of pyridine rings is 1. The summed E-state index contributed by atoms with van der Waals surface area (Å²) in [4.78, 5) is 34.7. The molecular weight excluding hydrogens is 362 g/mol. The highest BCUT2D eigenvalue weighted by Crippen LogP contribution is 2.21. The van der Waals surface area contributed by atoms with E-state index in [9.17, 15) is 19.7 Å². The normalized spacial score (nSPS) is 10.7. The van der Waals surface area contributed by atoms with Gasteiger partial charge in [-0.2, -0.15) is 0 Å². The molecule has 0 aliphatic rings. The van der Waals surface area contributed by atoms with Crippen molar-refractivity contribution in [2.75, 3.05) is 0 Å². The molecule has 0 aliphatic heterocycles. The number of hydrogen-bond donors (Lipinski definition) is 2. The lowest BCUT2D eigenvalue weighted by atomic mass is 10.1. The summed E-state index contributed by atoms with van der Waals surface area (Å²) in [5, 5.41) is 20.4. The molecule has 1 heterocycles. The predicted molar refractivity (Wildman–Crippen MR) is 94.7 cm³/mol. The fraction of sp³-hybridized carbons (Fsp3) is 0.0588. The number of hydrogen-bond acceptors (Lipinski definition) is 5. The molecule has 9 heteroatoms. The van der Waals surface area contributed by atoms with Crippen molar-refractivity contribution in [3.63, 3.8) is 0 Å². The van der Waals surface area contributed by atoms with Crippen LogP contribution in [-0.2, 0) is 6.54 Å². The molecule has 0 saturated heterocycles. The van der Waals surface area contributed by atoms with Gasteiger partial charge in [0.1, 0.15) is 5.56 Å². The summed E-state index contributed by atoms with van der Waals surface area (Å²) in [6, 6.07) is 10.8. The van der Waals surface area contributed by atoms with Crippen LogP contribution in [0, 0.1) is 10.1 Å². The van der Waals surface area contributed by atoms with E-state index in [4.69, 9.17) is 16.8 Å². The van der Waals surface area contributed by atoms with Crippen molar-refractivity contribution in [1.29, 1.82) is 0 Å². The van der Waals surface area contributed by atoms with Crippen molar-refractivity contribution < 1.29 is 14.9 Å². The highest BCUT2D eigenvalue weighted by molar-refractivity contribution is 6.30. The number of non-ortho nitro benzene ring substituents is 1. The van der Waals surface area contributed by atoms with Crippen LogP contribution >= 0.6 is 11.6 Å². The molecule has 2 N–H and O–H groups in total. The molecule has 3 rings (SSSR count). The minimum atomic E-state index is -0.997. The quantitative estimate of drug-likeness (QED) is 0.414. The number of benzene rings is 2. The fourth-order valence-electron chi connectivity index (χ4n) is 2.68. The first kappa shape index (κ1) is 17.6. The lowest BCUT2D eigenvalue weighted by Gasteiger charge is -2.13.